The second kappa shape index (κ2) is 5.61. The predicted molar refractivity (Wildman–Crippen MR) is 72.2 cm³/mol. The Morgan fingerprint density at radius 1 is 1.63 bits per heavy atom. The lowest BCUT2D eigenvalue weighted by Gasteiger charge is -2.26. The van der Waals surface area contributed by atoms with E-state index in [4.69, 9.17) is 10.00 Å². The second-order valence-corrected chi connectivity index (χ2v) is 4.58. The van der Waals surface area contributed by atoms with Crippen molar-refractivity contribution in [1.29, 1.82) is 5.26 Å². The van der Waals surface area contributed by atoms with Gasteiger partial charge in [0.15, 0.2) is 5.75 Å². The number of amides is 1. The highest BCUT2D eigenvalue weighted by Gasteiger charge is 2.23. The maximum atomic E-state index is 12.4. The minimum Gasteiger partial charge on any atom is -0.489 e. The molecule has 1 N–H and O–H groups in total. The molecule has 1 atom stereocenters. The summed E-state index contributed by atoms with van der Waals surface area (Å²) in [5, 5.41) is 11.9. The Hall–Kier alpha value is -2.22. The quantitative estimate of drug-likeness (QED) is 0.900. The number of rotatable bonds is 3. The van der Waals surface area contributed by atoms with E-state index in [1.165, 1.54) is 0 Å². The molecule has 0 fully saturated rings. The molecule has 19 heavy (non-hydrogen) atoms. The third kappa shape index (κ3) is 2.63. The average molecular weight is 259 g/mol. The van der Waals surface area contributed by atoms with Crippen LogP contribution in [0.2, 0.25) is 0 Å². The van der Waals surface area contributed by atoms with Gasteiger partial charge in [0, 0.05) is 19.6 Å². The highest BCUT2D eigenvalue weighted by Crippen LogP contribution is 2.32. The Morgan fingerprint density at radius 2 is 2.42 bits per heavy atom. The Morgan fingerprint density at radius 3 is 3.16 bits per heavy atom. The van der Waals surface area contributed by atoms with Gasteiger partial charge in [0.05, 0.1) is 23.7 Å². The van der Waals surface area contributed by atoms with Crippen molar-refractivity contribution >= 4 is 11.6 Å². The molecule has 0 spiro atoms. The van der Waals surface area contributed by atoms with Crippen LogP contribution in [-0.4, -0.2) is 37.0 Å². The minimum absolute atomic E-state index is 0.120. The predicted octanol–water partition coefficient (Wildman–Crippen LogP) is 1.87. The highest BCUT2D eigenvalue weighted by molar-refractivity contribution is 5.99. The molecule has 0 saturated carbocycles. The van der Waals surface area contributed by atoms with E-state index in [0.29, 0.717) is 24.3 Å². The number of anilines is 1. The number of carbonyl (C=O) groups excluding carboxylic acids is 1. The second-order valence-electron chi connectivity index (χ2n) is 4.58. The van der Waals surface area contributed by atoms with Gasteiger partial charge in [-0.15, -0.1) is 0 Å². The van der Waals surface area contributed by atoms with Gasteiger partial charge in [-0.25, -0.2) is 0 Å². The molecule has 0 aromatic heterocycles. The summed E-state index contributed by atoms with van der Waals surface area (Å²) >= 11 is 0. The van der Waals surface area contributed by atoms with E-state index >= 15 is 0 Å². The molecule has 1 aliphatic heterocycles. The van der Waals surface area contributed by atoms with E-state index in [1.807, 2.05) is 19.1 Å². The van der Waals surface area contributed by atoms with Gasteiger partial charge in [-0.05, 0) is 19.1 Å². The van der Waals surface area contributed by atoms with Crippen LogP contribution < -0.4 is 10.1 Å². The minimum atomic E-state index is -0.122. The van der Waals surface area contributed by atoms with Gasteiger partial charge in [0.2, 0.25) is 0 Å². The van der Waals surface area contributed by atoms with Crippen LogP contribution in [-0.2, 0) is 0 Å². The van der Waals surface area contributed by atoms with Crippen molar-refractivity contribution < 1.29 is 9.53 Å². The van der Waals surface area contributed by atoms with Crippen LogP contribution in [0.25, 0.3) is 0 Å². The molecule has 1 amide bonds. The monoisotopic (exact) mass is 259 g/mol. The van der Waals surface area contributed by atoms with Crippen LogP contribution in [0.15, 0.2) is 18.2 Å². The zero-order chi connectivity index (χ0) is 13.8. The van der Waals surface area contributed by atoms with Gasteiger partial charge in [0.1, 0.15) is 6.61 Å². The lowest BCUT2D eigenvalue weighted by Crippen LogP contribution is -2.35. The van der Waals surface area contributed by atoms with E-state index in [1.54, 1.807) is 18.0 Å². The van der Waals surface area contributed by atoms with Crippen LogP contribution in [0.4, 0.5) is 5.69 Å². The SMILES string of the molecule is CC(CC#N)N(C)C(=O)c1cccc2c1OCCN2. The fourth-order valence-corrected chi connectivity index (χ4v) is 2.00. The number of nitrogens with one attached hydrogen (secondary N) is 1. The molecule has 5 heteroatoms. The summed E-state index contributed by atoms with van der Waals surface area (Å²) < 4.78 is 5.59. The first-order valence-electron chi connectivity index (χ1n) is 6.29. The topological polar surface area (TPSA) is 65.4 Å². The summed E-state index contributed by atoms with van der Waals surface area (Å²) in [5.41, 5.74) is 1.38. The summed E-state index contributed by atoms with van der Waals surface area (Å²) in [5.74, 6) is 0.484. The first-order chi connectivity index (χ1) is 9.15. The molecule has 0 bridgehead atoms. The van der Waals surface area contributed by atoms with E-state index in [2.05, 4.69) is 11.4 Å². The molecule has 5 nitrogen and oxygen atoms in total. The zero-order valence-corrected chi connectivity index (χ0v) is 11.1. The number of hydrogen-bond acceptors (Lipinski definition) is 4. The summed E-state index contributed by atoms with van der Waals surface area (Å²) in [6.07, 6.45) is 0.316. The molecule has 0 radical (unpaired) electrons. The normalized spacial score (nSPS) is 14.4. The van der Waals surface area contributed by atoms with Gasteiger partial charge in [-0.2, -0.15) is 5.26 Å². The fourth-order valence-electron chi connectivity index (χ4n) is 2.00. The average Bonchev–Trinajstić information content (AvgIpc) is 2.45. The number of hydrogen-bond donors (Lipinski definition) is 1. The zero-order valence-electron chi connectivity index (χ0n) is 11.1. The number of ether oxygens (including phenoxy) is 1. The van der Waals surface area contributed by atoms with Crippen LogP contribution in [0.5, 0.6) is 5.75 Å². The van der Waals surface area contributed by atoms with Crippen LogP contribution in [0.1, 0.15) is 23.7 Å². The number of nitriles is 1. The van der Waals surface area contributed by atoms with Crippen LogP contribution in [0, 0.1) is 11.3 Å². The van der Waals surface area contributed by atoms with Gasteiger partial charge < -0.3 is 15.0 Å². The summed E-state index contributed by atoms with van der Waals surface area (Å²) in [4.78, 5) is 14.0. The van der Waals surface area contributed by atoms with Gasteiger partial charge in [-0.3, -0.25) is 4.79 Å². The van der Waals surface area contributed by atoms with Crippen LogP contribution in [0.3, 0.4) is 0 Å². The number of nitrogens with zero attached hydrogens (tertiary/aromatic N) is 2. The molecular weight excluding hydrogens is 242 g/mol. The van der Waals surface area contributed by atoms with Crippen molar-refractivity contribution in [2.24, 2.45) is 0 Å². The van der Waals surface area contributed by atoms with E-state index in [9.17, 15) is 4.79 Å². The lowest BCUT2D eigenvalue weighted by atomic mass is 10.1. The maximum Gasteiger partial charge on any atom is 0.257 e. The van der Waals surface area contributed by atoms with Crippen molar-refractivity contribution in [3.63, 3.8) is 0 Å². The molecule has 1 unspecified atom stereocenters. The lowest BCUT2D eigenvalue weighted by molar-refractivity contribution is 0.0742. The first-order valence-corrected chi connectivity index (χ1v) is 6.29. The number of benzene rings is 1. The highest BCUT2D eigenvalue weighted by atomic mass is 16.5. The Balaban J connectivity index is 2.27. The standard InChI is InChI=1S/C14H17N3O2/c1-10(6-7-15)17(2)14(18)11-4-3-5-12-13(11)19-9-8-16-12/h3-5,10,16H,6,8-9H2,1-2H3. The molecule has 0 saturated heterocycles. The van der Waals surface area contributed by atoms with Crippen molar-refractivity contribution in [1.82, 2.24) is 4.90 Å². The van der Waals surface area contributed by atoms with Gasteiger partial charge in [0.25, 0.3) is 5.91 Å². The molecule has 1 aliphatic rings. The van der Waals surface area contributed by atoms with Crippen molar-refractivity contribution in [3.8, 4) is 11.8 Å². The first kappa shape index (κ1) is 13.2. The molecule has 1 heterocycles. The Labute approximate surface area is 112 Å². The number of carbonyl (C=O) groups is 1. The molecule has 100 valence electrons. The third-order valence-electron chi connectivity index (χ3n) is 3.28. The Bertz CT molecular complexity index is 522. The smallest absolute Gasteiger partial charge is 0.257 e. The van der Waals surface area contributed by atoms with E-state index in [0.717, 1.165) is 12.2 Å². The molecule has 2 rings (SSSR count). The molecule has 1 aromatic carbocycles. The van der Waals surface area contributed by atoms with Crippen molar-refractivity contribution in [2.45, 2.75) is 19.4 Å². The van der Waals surface area contributed by atoms with E-state index in [-0.39, 0.29) is 11.9 Å². The summed E-state index contributed by atoms with van der Waals surface area (Å²) in [6, 6.07) is 7.44. The molecular formula is C14H17N3O2. The van der Waals surface area contributed by atoms with Crippen LogP contribution >= 0.6 is 0 Å². The molecule has 1 aromatic rings. The largest absolute Gasteiger partial charge is 0.489 e. The van der Waals surface area contributed by atoms with Crippen molar-refractivity contribution in [3.05, 3.63) is 23.8 Å². The number of para-hydroxylation sites is 1. The summed E-state index contributed by atoms with van der Waals surface area (Å²) in [6.45, 7) is 3.15. The number of fused-ring (bicyclic) bond motifs is 1. The van der Waals surface area contributed by atoms with Gasteiger partial charge in [-0.1, -0.05) is 6.07 Å². The Kier molecular flexibility index (Phi) is 3.91. The third-order valence-corrected chi connectivity index (χ3v) is 3.28. The fraction of sp³-hybridized carbons (Fsp3) is 0.429. The van der Waals surface area contributed by atoms with E-state index < -0.39 is 0 Å². The summed E-state index contributed by atoms with van der Waals surface area (Å²) in [7, 11) is 1.71. The van der Waals surface area contributed by atoms with Gasteiger partial charge >= 0.3 is 0 Å². The molecule has 0 aliphatic carbocycles. The maximum absolute atomic E-state index is 12.4. The van der Waals surface area contributed by atoms with Crippen molar-refractivity contribution in [2.75, 3.05) is 25.5 Å².